The van der Waals surface area contributed by atoms with Crippen LogP contribution in [0.1, 0.15) is 19.7 Å². The Kier molecular flexibility index (Phi) is 5.10. The second-order valence-electron chi connectivity index (χ2n) is 4.26. The Morgan fingerprint density at radius 3 is 2.42 bits per heavy atom. The number of nitrogens with one attached hydrogen (secondary N) is 1. The molecule has 102 valence electrons. The first-order valence-corrected chi connectivity index (χ1v) is 8.02. The predicted molar refractivity (Wildman–Crippen MR) is 84.2 cm³/mol. The fraction of sp³-hybridized carbons (Fsp3) is 0.364. The van der Waals surface area contributed by atoms with Crippen LogP contribution in [0.3, 0.4) is 0 Å². The molecule has 0 aliphatic carbocycles. The molecule has 0 aliphatic rings. The van der Waals surface area contributed by atoms with E-state index in [2.05, 4.69) is 82.5 Å². The lowest BCUT2D eigenvalue weighted by Crippen LogP contribution is -2.24. The Balaban J connectivity index is 2.40. The lowest BCUT2D eigenvalue weighted by atomic mass is 10.3. The number of tetrazole rings is 1. The highest BCUT2D eigenvalue weighted by Crippen LogP contribution is 2.32. The maximum atomic E-state index is 4.06. The first-order valence-electron chi connectivity index (χ1n) is 5.64. The third kappa shape index (κ3) is 3.62. The molecule has 8 heteroatoms. The summed E-state index contributed by atoms with van der Waals surface area (Å²) in [5, 5.41) is 15.2. The molecule has 0 spiro atoms. The van der Waals surface area contributed by atoms with E-state index in [4.69, 9.17) is 0 Å². The molecule has 2 aromatic rings. The molecule has 0 saturated heterocycles. The van der Waals surface area contributed by atoms with Gasteiger partial charge in [-0.15, -0.1) is 5.10 Å². The van der Waals surface area contributed by atoms with Gasteiger partial charge in [-0.05, 0) is 54.4 Å². The smallest absolute Gasteiger partial charge is 0.170 e. The zero-order valence-corrected chi connectivity index (χ0v) is 15.1. The molecular formula is C11H12Br3N5. The molecule has 0 atom stereocenters. The van der Waals surface area contributed by atoms with E-state index in [1.807, 2.05) is 12.1 Å². The maximum Gasteiger partial charge on any atom is 0.170 e. The number of rotatable bonds is 4. The van der Waals surface area contributed by atoms with Crippen molar-refractivity contribution in [2.45, 2.75) is 26.4 Å². The normalized spacial score (nSPS) is 11.3. The van der Waals surface area contributed by atoms with Gasteiger partial charge in [-0.3, -0.25) is 0 Å². The summed E-state index contributed by atoms with van der Waals surface area (Å²) in [6.07, 6.45) is 0. The summed E-state index contributed by atoms with van der Waals surface area (Å²) in [6.45, 7) is 4.78. The van der Waals surface area contributed by atoms with E-state index in [0.717, 1.165) is 24.9 Å². The lowest BCUT2D eigenvalue weighted by molar-refractivity contribution is 0.562. The topological polar surface area (TPSA) is 55.6 Å². The molecule has 0 saturated carbocycles. The number of halogens is 3. The molecule has 0 unspecified atom stereocenters. The van der Waals surface area contributed by atoms with Crippen LogP contribution in [0.5, 0.6) is 0 Å². The van der Waals surface area contributed by atoms with Gasteiger partial charge in [0.15, 0.2) is 5.82 Å². The van der Waals surface area contributed by atoms with Crippen molar-refractivity contribution < 1.29 is 0 Å². The minimum atomic E-state index is 0.377. The van der Waals surface area contributed by atoms with Crippen molar-refractivity contribution in [3.63, 3.8) is 0 Å². The van der Waals surface area contributed by atoms with Gasteiger partial charge >= 0.3 is 0 Å². The van der Waals surface area contributed by atoms with E-state index in [9.17, 15) is 0 Å². The van der Waals surface area contributed by atoms with Gasteiger partial charge in [0.1, 0.15) is 0 Å². The average molecular weight is 454 g/mol. The largest absolute Gasteiger partial charge is 0.308 e. The molecular weight excluding hydrogens is 442 g/mol. The summed E-state index contributed by atoms with van der Waals surface area (Å²) in [4.78, 5) is 0. The molecule has 2 rings (SSSR count). The second kappa shape index (κ2) is 6.43. The average Bonchev–Trinajstić information content (AvgIpc) is 2.73. The molecule has 0 amide bonds. The van der Waals surface area contributed by atoms with Gasteiger partial charge in [0.05, 0.1) is 12.2 Å². The van der Waals surface area contributed by atoms with E-state index in [-0.39, 0.29) is 0 Å². The van der Waals surface area contributed by atoms with Gasteiger partial charge in [-0.25, -0.2) is 0 Å². The van der Waals surface area contributed by atoms with Crippen LogP contribution in [0.15, 0.2) is 25.6 Å². The van der Waals surface area contributed by atoms with Crippen LogP contribution in [-0.2, 0) is 6.54 Å². The Bertz CT molecular complexity index is 558. The summed E-state index contributed by atoms with van der Waals surface area (Å²) in [5.41, 5.74) is 0.883. The van der Waals surface area contributed by atoms with Crippen molar-refractivity contribution in [3.8, 4) is 5.69 Å². The monoisotopic (exact) mass is 451 g/mol. The van der Waals surface area contributed by atoms with E-state index >= 15 is 0 Å². The zero-order chi connectivity index (χ0) is 14.0. The number of hydrogen-bond acceptors (Lipinski definition) is 4. The Hall–Kier alpha value is -0.310. The summed E-state index contributed by atoms with van der Waals surface area (Å²) in [5.74, 6) is 0.762. The standard InChI is InChI=1S/C11H12Br3N5/c1-6(2)15-5-10-16-17-18-19(10)11-8(13)3-7(12)4-9(11)14/h3-4,6,15H,5H2,1-2H3. The highest BCUT2D eigenvalue weighted by Gasteiger charge is 2.15. The number of benzene rings is 1. The van der Waals surface area contributed by atoms with Crippen molar-refractivity contribution in [1.82, 2.24) is 25.5 Å². The molecule has 1 aromatic heterocycles. The van der Waals surface area contributed by atoms with Crippen LogP contribution in [0.4, 0.5) is 0 Å². The second-order valence-corrected chi connectivity index (χ2v) is 6.88. The van der Waals surface area contributed by atoms with Crippen LogP contribution in [0.25, 0.3) is 5.69 Å². The molecule has 0 fully saturated rings. The highest BCUT2D eigenvalue weighted by atomic mass is 79.9. The number of nitrogens with zero attached hydrogens (tertiary/aromatic N) is 4. The zero-order valence-electron chi connectivity index (χ0n) is 10.4. The Labute approximate surface area is 136 Å². The number of aromatic nitrogens is 4. The van der Waals surface area contributed by atoms with Crippen LogP contribution >= 0.6 is 47.8 Å². The van der Waals surface area contributed by atoms with E-state index in [0.29, 0.717) is 12.6 Å². The van der Waals surface area contributed by atoms with Crippen molar-refractivity contribution in [3.05, 3.63) is 31.4 Å². The molecule has 0 aliphatic heterocycles. The third-order valence-electron chi connectivity index (χ3n) is 2.40. The minimum absolute atomic E-state index is 0.377. The van der Waals surface area contributed by atoms with E-state index in [1.54, 1.807) is 4.68 Å². The Morgan fingerprint density at radius 1 is 1.21 bits per heavy atom. The first kappa shape index (κ1) is 15.1. The fourth-order valence-corrected chi connectivity index (χ4v) is 4.12. The van der Waals surface area contributed by atoms with E-state index < -0.39 is 0 Å². The molecule has 5 nitrogen and oxygen atoms in total. The number of hydrogen-bond donors (Lipinski definition) is 1. The SMILES string of the molecule is CC(C)NCc1nnnn1-c1c(Br)cc(Br)cc1Br. The van der Waals surface area contributed by atoms with Crippen molar-refractivity contribution in [2.75, 3.05) is 0 Å². The minimum Gasteiger partial charge on any atom is -0.308 e. The van der Waals surface area contributed by atoms with Crippen molar-refractivity contribution in [2.24, 2.45) is 0 Å². The summed E-state index contributed by atoms with van der Waals surface area (Å²) < 4.78 is 4.51. The van der Waals surface area contributed by atoms with Crippen LogP contribution in [0.2, 0.25) is 0 Å². The summed E-state index contributed by atoms with van der Waals surface area (Å²) >= 11 is 10.5. The van der Waals surface area contributed by atoms with Gasteiger partial charge in [-0.2, -0.15) is 4.68 Å². The molecule has 0 radical (unpaired) electrons. The predicted octanol–water partition coefficient (Wildman–Crippen LogP) is 3.45. The van der Waals surface area contributed by atoms with Gasteiger partial charge in [0.2, 0.25) is 0 Å². The molecule has 1 N–H and O–H groups in total. The third-order valence-corrected chi connectivity index (χ3v) is 4.06. The van der Waals surface area contributed by atoms with Gasteiger partial charge in [0.25, 0.3) is 0 Å². The van der Waals surface area contributed by atoms with Crippen LogP contribution in [-0.4, -0.2) is 26.2 Å². The molecule has 1 aromatic carbocycles. The van der Waals surface area contributed by atoms with Crippen molar-refractivity contribution in [1.29, 1.82) is 0 Å². The lowest BCUT2D eigenvalue weighted by Gasteiger charge is -2.11. The summed E-state index contributed by atoms with van der Waals surface area (Å²) in [7, 11) is 0. The quantitative estimate of drug-likeness (QED) is 0.770. The van der Waals surface area contributed by atoms with Crippen LogP contribution < -0.4 is 5.32 Å². The van der Waals surface area contributed by atoms with Gasteiger partial charge in [0, 0.05) is 19.5 Å². The summed E-state index contributed by atoms with van der Waals surface area (Å²) in [6, 6.07) is 4.30. The molecule has 19 heavy (non-hydrogen) atoms. The highest BCUT2D eigenvalue weighted by molar-refractivity contribution is 9.11. The first-order chi connectivity index (χ1) is 8.99. The van der Waals surface area contributed by atoms with Gasteiger partial charge in [-0.1, -0.05) is 29.8 Å². The maximum absolute atomic E-state index is 4.06. The van der Waals surface area contributed by atoms with Crippen LogP contribution in [0, 0.1) is 0 Å². The van der Waals surface area contributed by atoms with Gasteiger partial charge < -0.3 is 5.32 Å². The Morgan fingerprint density at radius 2 is 1.84 bits per heavy atom. The van der Waals surface area contributed by atoms with Crippen molar-refractivity contribution >= 4 is 47.8 Å². The fourth-order valence-electron chi connectivity index (χ4n) is 1.52. The molecule has 0 bridgehead atoms. The molecule has 1 heterocycles. The van der Waals surface area contributed by atoms with E-state index in [1.165, 1.54) is 0 Å².